The summed E-state index contributed by atoms with van der Waals surface area (Å²) in [5.74, 6) is -2.64. The van der Waals surface area contributed by atoms with Gasteiger partial charge in [-0.1, -0.05) is 15.9 Å². The van der Waals surface area contributed by atoms with E-state index in [1.807, 2.05) is 0 Å². The van der Waals surface area contributed by atoms with Crippen molar-refractivity contribution in [3.05, 3.63) is 33.8 Å². The molecule has 0 radical (unpaired) electrons. The van der Waals surface area contributed by atoms with Gasteiger partial charge >= 0.3 is 0 Å². The van der Waals surface area contributed by atoms with Gasteiger partial charge in [-0.25, -0.2) is 8.78 Å². The molecule has 1 unspecified atom stereocenters. The molecule has 1 heterocycles. The quantitative estimate of drug-likeness (QED) is 0.896. The number of carbonyl (C=O) groups is 2. The van der Waals surface area contributed by atoms with Crippen molar-refractivity contribution in [1.29, 1.82) is 0 Å². The number of carbonyl (C=O) groups excluding carboxylic acids is 2. The fourth-order valence-corrected chi connectivity index (χ4v) is 2.73. The van der Waals surface area contributed by atoms with Crippen molar-refractivity contribution in [3.63, 3.8) is 0 Å². The van der Waals surface area contributed by atoms with Crippen LogP contribution in [0.3, 0.4) is 0 Å². The summed E-state index contributed by atoms with van der Waals surface area (Å²) in [6.07, 6.45) is 1.31. The summed E-state index contributed by atoms with van der Waals surface area (Å²) in [5, 5.41) is 2.52. The summed E-state index contributed by atoms with van der Waals surface area (Å²) in [6.45, 7) is 2.68. The van der Waals surface area contributed by atoms with Crippen LogP contribution in [0.15, 0.2) is 16.6 Å². The number of amides is 2. The van der Waals surface area contributed by atoms with Crippen molar-refractivity contribution in [3.8, 4) is 0 Å². The van der Waals surface area contributed by atoms with Crippen LogP contribution in [0.25, 0.3) is 0 Å². The van der Waals surface area contributed by atoms with E-state index in [4.69, 9.17) is 0 Å². The number of rotatable bonds is 4. The lowest BCUT2D eigenvalue weighted by atomic mass is 10.1. The van der Waals surface area contributed by atoms with Crippen LogP contribution < -0.4 is 5.32 Å². The second-order valence-electron chi connectivity index (χ2n) is 5.06. The monoisotopic (exact) mass is 360 g/mol. The van der Waals surface area contributed by atoms with Crippen LogP contribution in [-0.4, -0.2) is 35.8 Å². The van der Waals surface area contributed by atoms with Crippen molar-refractivity contribution in [1.82, 2.24) is 10.2 Å². The minimum absolute atomic E-state index is 0.0390. The van der Waals surface area contributed by atoms with E-state index in [-0.39, 0.29) is 16.4 Å². The predicted molar refractivity (Wildman–Crippen MR) is 76.8 cm³/mol. The first kappa shape index (κ1) is 15.9. The molecule has 1 atom stereocenters. The summed E-state index contributed by atoms with van der Waals surface area (Å²) in [4.78, 5) is 25.1. The number of likely N-dealkylation sites (tertiary alicyclic amines) is 1. The Morgan fingerprint density at radius 1 is 1.43 bits per heavy atom. The molecule has 21 heavy (non-hydrogen) atoms. The highest BCUT2D eigenvalue weighted by molar-refractivity contribution is 9.10. The number of halogens is 3. The Hall–Kier alpha value is -1.50. The molecule has 2 amide bonds. The van der Waals surface area contributed by atoms with Gasteiger partial charge in [0.25, 0.3) is 5.91 Å². The van der Waals surface area contributed by atoms with Gasteiger partial charge in [0.2, 0.25) is 5.91 Å². The lowest BCUT2D eigenvalue weighted by Crippen LogP contribution is -2.42. The molecule has 7 heteroatoms. The molecule has 4 nitrogen and oxygen atoms in total. The number of benzene rings is 1. The molecule has 114 valence electrons. The molecule has 1 aromatic carbocycles. The predicted octanol–water partition coefficient (Wildman–Crippen LogP) is 2.47. The van der Waals surface area contributed by atoms with E-state index in [1.165, 1.54) is 0 Å². The number of nitrogens with zero attached hydrogens (tertiary/aromatic N) is 1. The Balaban J connectivity index is 2.02. The normalized spacial score (nSPS) is 16.2. The van der Waals surface area contributed by atoms with E-state index in [0.29, 0.717) is 19.5 Å². The van der Waals surface area contributed by atoms with Crippen LogP contribution in [0.4, 0.5) is 8.78 Å². The molecule has 1 N–H and O–H groups in total. The second kappa shape index (κ2) is 6.51. The molecule has 0 saturated carbocycles. The number of hydrogen-bond acceptors (Lipinski definition) is 2. The molecule has 1 fully saturated rings. The third kappa shape index (κ3) is 3.78. The van der Waals surface area contributed by atoms with Gasteiger partial charge in [-0.05, 0) is 25.5 Å². The van der Waals surface area contributed by atoms with E-state index in [9.17, 15) is 18.4 Å². The van der Waals surface area contributed by atoms with Crippen molar-refractivity contribution in [2.45, 2.75) is 25.8 Å². The van der Waals surface area contributed by atoms with Crippen LogP contribution in [-0.2, 0) is 4.79 Å². The lowest BCUT2D eigenvalue weighted by molar-refractivity contribution is -0.127. The van der Waals surface area contributed by atoms with E-state index in [2.05, 4.69) is 21.2 Å². The van der Waals surface area contributed by atoms with Crippen LogP contribution >= 0.6 is 15.9 Å². The average Bonchev–Trinajstić information content (AvgIpc) is 2.73. The van der Waals surface area contributed by atoms with E-state index in [0.717, 1.165) is 18.6 Å². The average molecular weight is 361 g/mol. The third-order valence-corrected chi connectivity index (χ3v) is 3.73. The second-order valence-corrected chi connectivity index (χ2v) is 5.98. The zero-order valence-corrected chi connectivity index (χ0v) is 13.0. The number of hydrogen-bond donors (Lipinski definition) is 1. The topological polar surface area (TPSA) is 49.4 Å². The zero-order chi connectivity index (χ0) is 15.6. The highest BCUT2D eigenvalue weighted by Crippen LogP contribution is 2.19. The molecular formula is C14H15BrF2N2O2. The Kier molecular flexibility index (Phi) is 4.92. The number of nitrogens with one attached hydrogen (secondary N) is 1. The minimum Gasteiger partial charge on any atom is -0.348 e. The molecule has 0 bridgehead atoms. The van der Waals surface area contributed by atoms with Gasteiger partial charge in [0, 0.05) is 30.0 Å². The first-order valence-corrected chi connectivity index (χ1v) is 7.41. The smallest absolute Gasteiger partial charge is 0.257 e. The molecule has 1 saturated heterocycles. The summed E-state index contributed by atoms with van der Waals surface area (Å²) in [5.41, 5.74) is -0.613. The molecule has 1 aliphatic heterocycles. The Labute approximate surface area is 129 Å². The van der Waals surface area contributed by atoms with Crippen LogP contribution in [0.5, 0.6) is 0 Å². The Morgan fingerprint density at radius 3 is 2.57 bits per heavy atom. The Bertz CT molecular complexity index is 557. The van der Waals surface area contributed by atoms with Gasteiger partial charge in [0.1, 0.15) is 17.2 Å². The van der Waals surface area contributed by atoms with Gasteiger partial charge in [-0.3, -0.25) is 9.59 Å². The molecule has 0 aromatic heterocycles. The van der Waals surface area contributed by atoms with Crippen molar-refractivity contribution < 1.29 is 18.4 Å². The van der Waals surface area contributed by atoms with Gasteiger partial charge in [-0.15, -0.1) is 0 Å². The summed E-state index contributed by atoms with van der Waals surface area (Å²) in [7, 11) is 0. The highest BCUT2D eigenvalue weighted by Gasteiger charge is 2.24. The van der Waals surface area contributed by atoms with Crippen LogP contribution in [0.2, 0.25) is 0 Å². The van der Waals surface area contributed by atoms with E-state index < -0.39 is 23.1 Å². The van der Waals surface area contributed by atoms with Gasteiger partial charge in [-0.2, -0.15) is 0 Å². The molecule has 1 aliphatic rings. The maximum absolute atomic E-state index is 13.7. The van der Waals surface area contributed by atoms with Gasteiger partial charge in [0.05, 0.1) is 0 Å². The summed E-state index contributed by atoms with van der Waals surface area (Å²) in [6, 6.07) is 1.68. The molecular weight excluding hydrogens is 346 g/mol. The largest absolute Gasteiger partial charge is 0.348 e. The molecule has 2 rings (SSSR count). The molecule has 0 aliphatic carbocycles. The zero-order valence-electron chi connectivity index (χ0n) is 11.5. The minimum atomic E-state index is -0.927. The summed E-state index contributed by atoms with van der Waals surface area (Å²) < 4.78 is 27.6. The third-order valence-electron chi connectivity index (χ3n) is 3.28. The fourth-order valence-electron chi connectivity index (χ4n) is 2.33. The molecule has 0 spiro atoms. The standard InChI is InChI=1S/C14H15BrF2N2O2/c1-8(7-19-4-2-3-12(19)20)18-14(21)13-10(16)5-9(15)6-11(13)17/h5-6,8H,2-4,7H2,1H3,(H,18,21). The SMILES string of the molecule is CC(CN1CCCC1=O)NC(=O)c1c(F)cc(Br)cc1F. The van der Waals surface area contributed by atoms with Gasteiger partial charge < -0.3 is 10.2 Å². The maximum Gasteiger partial charge on any atom is 0.257 e. The first-order chi connectivity index (χ1) is 9.88. The lowest BCUT2D eigenvalue weighted by Gasteiger charge is -2.21. The fraction of sp³-hybridized carbons (Fsp3) is 0.429. The van der Waals surface area contributed by atoms with E-state index >= 15 is 0 Å². The first-order valence-electron chi connectivity index (χ1n) is 6.61. The Morgan fingerprint density at radius 2 is 2.05 bits per heavy atom. The summed E-state index contributed by atoms with van der Waals surface area (Å²) >= 11 is 2.96. The van der Waals surface area contributed by atoms with Crippen molar-refractivity contribution in [2.75, 3.05) is 13.1 Å². The van der Waals surface area contributed by atoms with Crippen molar-refractivity contribution >= 4 is 27.7 Å². The molecule has 1 aromatic rings. The van der Waals surface area contributed by atoms with Crippen LogP contribution in [0, 0.1) is 11.6 Å². The van der Waals surface area contributed by atoms with Crippen molar-refractivity contribution in [2.24, 2.45) is 0 Å². The maximum atomic E-state index is 13.7. The highest BCUT2D eigenvalue weighted by atomic mass is 79.9. The van der Waals surface area contributed by atoms with Gasteiger partial charge in [0.15, 0.2) is 0 Å². The van der Waals surface area contributed by atoms with Crippen LogP contribution in [0.1, 0.15) is 30.1 Å². The van der Waals surface area contributed by atoms with E-state index in [1.54, 1.807) is 11.8 Å².